The van der Waals surface area contributed by atoms with Gasteiger partial charge < -0.3 is 0 Å². The van der Waals surface area contributed by atoms with Gasteiger partial charge in [-0.1, -0.05) is 54.6 Å². The van der Waals surface area contributed by atoms with Gasteiger partial charge in [0.25, 0.3) is 10.0 Å². The molecule has 0 fully saturated rings. The van der Waals surface area contributed by atoms with Crippen molar-refractivity contribution in [2.45, 2.75) is 4.90 Å². The van der Waals surface area contributed by atoms with E-state index in [0.29, 0.717) is 11.4 Å². The van der Waals surface area contributed by atoms with E-state index in [4.69, 9.17) is 0 Å². The Morgan fingerprint density at radius 3 is 1.52 bits per heavy atom. The van der Waals surface area contributed by atoms with Gasteiger partial charge in [0.05, 0.1) is 16.3 Å². The van der Waals surface area contributed by atoms with Gasteiger partial charge in [0.15, 0.2) is 0 Å². The van der Waals surface area contributed by atoms with E-state index >= 15 is 0 Å². The summed E-state index contributed by atoms with van der Waals surface area (Å²) >= 11 is 0. The van der Waals surface area contributed by atoms with Crippen LogP contribution in [0.25, 0.3) is 0 Å². The third kappa shape index (κ3) is 3.87. The van der Waals surface area contributed by atoms with Crippen molar-refractivity contribution in [2.24, 2.45) is 0 Å². The Morgan fingerprint density at radius 1 is 0.680 bits per heavy atom. The molecule has 0 bridgehead atoms. The summed E-state index contributed by atoms with van der Waals surface area (Å²) in [5.74, 6) is 0. The number of carbonyl (C=O) groups excluding carboxylic acids is 1. The molecule has 2 amide bonds. The Hall–Kier alpha value is -3.12. The van der Waals surface area contributed by atoms with E-state index in [0.717, 1.165) is 0 Å². The van der Waals surface area contributed by atoms with Gasteiger partial charge in [0, 0.05) is 0 Å². The van der Waals surface area contributed by atoms with Crippen molar-refractivity contribution in [3.63, 3.8) is 0 Å². The topological polar surface area (TPSA) is 66.5 Å². The Labute approximate surface area is 146 Å². The van der Waals surface area contributed by atoms with E-state index < -0.39 is 16.1 Å². The summed E-state index contributed by atoms with van der Waals surface area (Å²) in [6, 6.07) is 24.8. The average molecular weight is 352 g/mol. The monoisotopic (exact) mass is 352 g/mol. The lowest BCUT2D eigenvalue weighted by Crippen LogP contribution is -2.40. The van der Waals surface area contributed by atoms with Crippen LogP contribution in [0.3, 0.4) is 0 Å². The standard InChI is InChI=1S/C19H16N2O3S/c22-19(20-25(23,24)18-14-8-3-9-15-18)21(16-10-4-1-5-11-16)17-12-6-2-7-13-17/h1-15H,(H,20,22). The minimum absolute atomic E-state index is 0.0319. The average Bonchev–Trinajstić information content (AvgIpc) is 2.64. The highest BCUT2D eigenvalue weighted by Gasteiger charge is 2.24. The SMILES string of the molecule is O=C(NS(=O)(=O)c1ccccc1)N(c1ccccc1)c1ccccc1. The van der Waals surface area contributed by atoms with Crippen molar-refractivity contribution in [3.8, 4) is 0 Å². The van der Waals surface area contributed by atoms with Crippen molar-refractivity contribution in [1.82, 2.24) is 4.72 Å². The zero-order chi connectivity index (χ0) is 17.7. The van der Waals surface area contributed by atoms with Gasteiger partial charge in [0.2, 0.25) is 0 Å². The fraction of sp³-hybridized carbons (Fsp3) is 0. The van der Waals surface area contributed by atoms with E-state index in [1.165, 1.54) is 17.0 Å². The molecule has 3 aromatic rings. The van der Waals surface area contributed by atoms with Crippen LogP contribution in [0, 0.1) is 0 Å². The maximum atomic E-state index is 12.8. The molecule has 0 aromatic heterocycles. The molecule has 0 aliphatic carbocycles. The second kappa shape index (κ2) is 7.19. The Morgan fingerprint density at radius 2 is 1.08 bits per heavy atom. The van der Waals surface area contributed by atoms with Gasteiger partial charge in [0.1, 0.15) is 0 Å². The number of hydrogen-bond acceptors (Lipinski definition) is 3. The first kappa shape index (κ1) is 16.7. The number of sulfonamides is 1. The van der Waals surface area contributed by atoms with Gasteiger partial charge >= 0.3 is 6.03 Å². The van der Waals surface area contributed by atoms with E-state index in [9.17, 15) is 13.2 Å². The molecule has 25 heavy (non-hydrogen) atoms. The molecule has 1 N–H and O–H groups in total. The van der Waals surface area contributed by atoms with Gasteiger partial charge in [-0.3, -0.25) is 4.90 Å². The third-order valence-electron chi connectivity index (χ3n) is 3.51. The molecule has 0 radical (unpaired) electrons. The van der Waals surface area contributed by atoms with Gasteiger partial charge in [-0.05, 0) is 36.4 Å². The number of carbonyl (C=O) groups is 1. The highest BCUT2D eigenvalue weighted by atomic mass is 32.2. The first-order chi connectivity index (χ1) is 12.1. The molecule has 5 nitrogen and oxygen atoms in total. The molecule has 126 valence electrons. The van der Waals surface area contributed by atoms with Crippen LogP contribution in [-0.4, -0.2) is 14.4 Å². The molecule has 6 heteroatoms. The van der Waals surface area contributed by atoms with Crippen molar-refractivity contribution < 1.29 is 13.2 Å². The largest absolute Gasteiger partial charge is 0.340 e. The minimum Gasteiger partial charge on any atom is -0.262 e. The predicted octanol–water partition coefficient (Wildman–Crippen LogP) is 3.92. The molecule has 0 heterocycles. The number of benzene rings is 3. The van der Waals surface area contributed by atoms with Crippen LogP contribution in [0.1, 0.15) is 0 Å². The molecule has 3 aromatic carbocycles. The maximum absolute atomic E-state index is 12.8. The summed E-state index contributed by atoms with van der Waals surface area (Å²) in [6.45, 7) is 0. The lowest BCUT2D eigenvalue weighted by molar-refractivity contribution is 0.253. The van der Waals surface area contributed by atoms with Crippen LogP contribution >= 0.6 is 0 Å². The summed E-state index contributed by atoms with van der Waals surface area (Å²) in [6.07, 6.45) is 0. The number of urea groups is 1. The van der Waals surface area contributed by atoms with E-state index in [2.05, 4.69) is 4.72 Å². The second-order valence-corrected chi connectivity index (χ2v) is 6.91. The third-order valence-corrected chi connectivity index (χ3v) is 4.84. The number of amides is 2. The number of nitrogens with one attached hydrogen (secondary N) is 1. The molecule has 0 aliphatic rings. The molecular formula is C19H16N2O3S. The summed E-state index contributed by atoms with van der Waals surface area (Å²) in [5.41, 5.74) is 1.13. The van der Waals surface area contributed by atoms with Gasteiger partial charge in [-0.25, -0.2) is 17.9 Å². The molecule has 0 aliphatic heterocycles. The van der Waals surface area contributed by atoms with Crippen LogP contribution in [0.2, 0.25) is 0 Å². The highest BCUT2D eigenvalue weighted by Crippen LogP contribution is 2.25. The smallest absolute Gasteiger partial charge is 0.262 e. The quantitative estimate of drug-likeness (QED) is 0.774. The highest BCUT2D eigenvalue weighted by molar-refractivity contribution is 7.90. The summed E-state index contributed by atoms with van der Waals surface area (Å²) in [4.78, 5) is 14.1. The second-order valence-electron chi connectivity index (χ2n) is 5.23. The number of rotatable bonds is 4. The number of para-hydroxylation sites is 2. The van der Waals surface area contributed by atoms with Crippen molar-refractivity contribution in [1.29, 1.82) is 0 Å². The molecule has 3 rings (SSSR count). The summed E-state index contributed by atoms with van der Waals surface area (Å²) in [5, 5.41) is 0. The van der Waals surface area contributed by atoms with Gasteiger partial charge in [-0.2, -0.15) is 0 Å². The fourth-order valence-corrected chi connectivity index (χ4v) is 3.31. The van der Waals surface area contributed by atoms with Gasteiger partial charge in [-0.15, -0.1) is 0 Å². The van der Waals surface area contributed by atoms with E-state index in [1.807, 2.05) is 12.1 Å². The van der Waals surface area contributed by atoms with Crippen LogP contribution in [0.4, 0.5) is 16.2 Å². The zero-order valence-corrected chi connectivity index (χ0v) is 14.1. The van der Waals surface area contributed by atoms with E-state index in [-0.39, 0.29) is 4.90 Å². The first-order valence-electron chi connectivity index (χ1n) is 7.60. The molecular weight excluding hydrogens is 336 g/mol. The number of hydrogen-bond donors (Lipinski definition) is 1. The lowest BCUT2D eigenvalue weighted by Gasteiger charge is -2.23. The van der Waals surface area contributed by atoms with Crippen LogP contribution in [0.5, 0.6) is 0 Å². The molecule has 0 saturated carbocycles. The zero-order valence-electron chi connectivity index (χ0n) is 13.2. The van der Waals surface area contributed by atoms with Crippen LogP contribution in [-0.2, 0) is 10.0 Å². The minimum atomic E-state index is -3.96. The molecule has 0 atom stereocenters. The normalized spacial score (nSPS) is 10.9. The molecule has 0 spiro atoms. The maximum Gasteiger partial charge on any atom is 0.340 e. The van der Waals surface area contributed by atoms with Crippen LogP contribution in [0.15, 0.2) is 95.9 Å². The Bertz CT molecular complexity index is 904. The number of anilines is 2. The fourth-order valence-electron chi connectivity index (χ4n) is 2.36. The van der Waals surface area contributed by atoms with Crippen molar-refractivity contribution in [2.75, 3.05) is 4.90 Å². The van der Waals surface area contributed by atoms with Crippen molar-refractivity contribution in [3.05, 3.63) is 91.0 Å². The Balaban J connectivity index is 1.96. The molecule has 0 saturated heterocycles. The summed E-state index contributed by atoms with van der Waals surface area (Å²) in [7, 11) is -3.96. The van der Waals surface area contributed by atoms with Crippen LogP contribution < -0.4 is 9.62 Å². The number of nitrogens with zero attached hydrogens (tertiary/aromatic N) is 1. The predicted molar refractivity (Wildman–Crippen MR) is 97.2 cm³/mol. The summed E-state index contributed by atoms with van der Waals surface area (Å²) < 4.78 is 27.0. The van der Waals surface area contributed by atoms with Crippen molar-refractivity contribution >= 4 is 27.4 Å². The first-order valence-corrected chi connectivity index (χ1v) is 9.08. The Kier molecular flexibility index (Phi) is 4.81. The molecule has 0 unspecified atom stereocenters. The van der Waals surface area contributed by atoms with E-state index in [1.54, 1.807) is 66.7 Å². The lowest BCUT2D eigenvalue weighted by atomic mass is 10.2.